The SMILES string of the molecule is Cc1cc(C)c(Nc2nccs2)c(C)c1C. The Morgan fingerprint density at radius 2 is 1.81 bits per heavy atom. The van der Waals surface area contributed by atoms with Crippen LogP contribution in [0.4, 0.5) is 10.8 Å². The smallest absolute Gasteiger partial charge is 0.187 e. The van der Waals surface area contributed by atoms with Gasteiger partial charge in [0.2, 0.25) is 0 Å². The van der Waals surface area contributed by atoms with Crippen molar-refractivity contribution in [2.45, 2.75) is 27.7 Å². The highest BCUT2D eigenvalue weighted by Crippen LogP contribution is 2.29. The Bertz CT molecular complexity index is 501. The number of nitrogens with one attached hydrogen (secondary N) is 1. The number of aryl methyl sites for hydroxylation is 2. The van der Waals surface area contributed by atoms with Gasteiger partial charge in [-0.15, -0.1) is 11.3 Å². The summed E-state index contributed by atoms with van der Waals surface area (Å²) in [6, 6.07) is 2.22. The van der Waals surface area contributed by atoms with Crippen LogP contribution in [0.5, 0.6) is 0 Å². The summed E-state index contributed by atoms with van der Waals surface area (Å²) in [5.74, 6) is 0. The second-order valence-corrected chi connectivity index (χ2v) is 4.99. The minimum absolute atomic E-state index is 0.953. The molecular weight excluding hydrogens is 216 g/mol. The van der Waals surface area contributed by atoms with Gasteiger partial charge in [-0.1, -0.05) is 6.07 Å². The lowest BCUT2D eigenvalue weighted by molar-refractivity contribution is 1.23. The molecule has 0 fully saturated rings. The van der Waals surface area contributed by atoms with Crippen LogP contribution in [-0.2, 0) is 0 Å². The maximum Gasteiger partial charge on any atom is 0.187 e. The van der Waals surface area contributed by atoms with Crippen LogP contribution in [0.3, 0.4) is 0 Å². The van der Waals surface area contributed by atoms with Gasteiger partial charge in [-0.2, -0.15) is 0 Å². The third-order valence-electron chi connectivity index (χ3n) is 3.02. The van der Waals surface area contributed by atoms with Gasteiger partial charge in [-0.25, -0.2) is 4.98 Å². The van der Waals surface area contributed by atoms with Crippen LogP contribution >= 0.6 is 11.3 Å². The predicted octanol–water partition coefficient (Wildman–Crippen LogP) is 4.12. The highest BCUT2D eigenvalue weighted by Gasteiger charge is 2.08. The van der Waals surface area contributed by atoms with Crippen LogP contribution < -0.4 is 5.32 Å². The van der Waals surface area contributed by atoms with E-state index in [4.69, 9.17) is 0 Å². The monoisotopic (exact) mass is 232 g/mol. The molecule has 0 saturated carbocycles. The minimum Gasteiger partial charge on any atom is -0.331 e. The molecule has 3 heteroatoms. The zero-order chi connectivity index (χ0) is 11.7. The average Bonchev–Trinajstić information content (AvgIpc) is 2.74. The second kappa shape index (κ2) is 4.26. The Balaban J connectivity index is 2.45. The number of anilines is 2. The summed E-state index contributed by atoms with van der Waals surface area (Å²) < 4.78 is 0. The average molecular weight is 232 g/mol. The molecule has 0 radical (unpaired) electrons. The molecule has 0 atom stereocenters. The molecule has 0 bridgehead atoms. The van der Waals surface area contributed by atoms with Crippen LogP contribution in [-0.4, -0.2) is 4.98 Å². The number of benzene rings is 1. The number of nitrogens with zero attached hydrogens (tertiary/aromatic N) is 1. The molecule has 0 unspecified atom stereocenters. The number of thiazole rings is 1. The Labute approximate surface area is 100 Å². The highest BCUT2D eigenvalue weighted by molar-refractivity contribution is 7.13. The van der Waals surface area contributed by atoms with Crippen molar-refractivity contribution in [2.24, 2.45) is 0 Å². The van der Waals surface area contributed by atoms with E-state index in [1.165, 1.54) is 27.9 Å². The van der Waals surface area contributed by atoms with E-state index in [-0.39, 0.29) is 0 Å². The van der Waals surface area contributed by atoms with Gasteiger partial charge in [-0.3, -0.25) is 0 Å². The van der Waals surface area contributed by atoms with Crippen LogP contribution in [0.2, 0.25) is 0 Å². The molecule has 0 aliphatic heterocycles. The van der Waals surface area contributed by atoms with Gasteiger partial charge in [0, 0.05) is 17.3 Å². The molecule has 0 saturated heterocycles. The standard InChI is InChI=1S/C13H16N2S/c1-8-7-9(2)12(11(4)10(8)3)15-13-14-5-6-16-13/h5-7H,1-4H3,(H,14,15). The number of aromatic nitrogens is 1. The summed E-state index contributed by atoms with van der Waals surface area (Å²) >= 11 is 1.62. The maximum absolute atomic E-state index is 4.25. The van der Waals surface area contributed by atoms with Gasteiger partial charge in [-0.05, 0) is 49.9 Å². The van der Waals surface area contributed by atoms with Crippen molar-refractivity contribution in [1.29, 1.82) is 0 Å². The van der Waals surface area contributed by atoms with Gasteiger partial charge < -0.3 is 5.32 Å². The molecule has 2 rings (SSSR count). The van der Waals surface area contributed by atoms with Gasteiger partial charge in [0.05, 0.1) is 0 Å². The number of hydrogen-bond acceptors (Lipinski definition) is 3. The van der Waals surface area contributed by atoms with E-state index in [2.05, 4.69) is 44.1 Å². The van der Waals surface area contributed by atoms with Crippen molar-refractivity contribution in [3.63, 3.8) is 0 Å². The topological polar surface area (TPSA) is 24.9 Å². The summed E-state index contributed by atoms with van der Waals surface area (Å²) in [6.07, 6.45) is 1.82. The molecule has 2 aromatic rings. The van der Waals surface area contributed by atoms with E-state index in [1.54, 1.807) is 11.3 Å². The molecule has 84 valence electrons. The van der Waals surface area contributed by atoms with Crippen LogP contribution in [0.1, 0.15) is 22.3 Å². The molecule has 16 heavy (non-hydrogen) atoms. The zero-order valence-corrected chi connectivity index (χ0v) is 10.9. The number of hydrogen-bond donors (Lipinski definition) is 1. The molecule has 0 aliphatic rings. The first kappa shape index (κ1) is 11.1. The first-order valence-corrected chi connectivity index (χ1v) is 6.21. The minimum atomic E-state index is 0.953. The first-order chi connectivity index (χ1) is 7.59. The quantitative estimate of drug-likeness (QED) is 0.842. The van der Waals surface area contributed by atoms with Crippen molar-refractivity contribution >= 4 is 22.2 Å². The van der Waals surface area contributed by atoms with E-state index in [9.17, 15) is 0 Å². The van der Waals surface area contributed by atoms with E-state index < -0.39 is 0 Å². The Hall–Kier alpha value is -1.35. The molecule has 1 heterocycles. The Morgan fingerprint density at radius 3 is 2.44 bits per heavy atom. The molecule has 2 nitrogen and oxygen atoms in total. The van der Waals surface area contributed by atoms with Crippen molar-refractivity contribution in [3.8, 4) is 0 Å². The maximum atomic E-state index is 4.25. The van der Waals surface area contributed by atoms with Gasteiger partial charge in [0.25, 0.3) is 0 Å². The van der Waals surface area contributed by atoms with Crippen molar-refractivity contribution < 1.29 is 0 Å². The van der Waals surface area contributed by atoms with Crippen molar-refractivity contribution in [2.75, 3.05) is 5.32 Å². The Morgan fingerprint density at radius 1 is 1.06 bits per heavy atom. The van der Waals surface area contributed by atoms with Crippen molar-refractivity contribution in [3.05, 3.63) is 39.9 Å². The summed E-state index contributed by atoms with van der Waals surface area (Å²) in [5.41, 5.74) is 6.48. The molecule has 0 spiro atoms. The molecule has 0 aliphatic carbocycles. The van der Waals surface area contributed by atoms with Gasteiger partial charge >= 0.3 is 0 Å². The molecule has 1 aromatic carbocycles. The van der Waals surface area contributed by atoms with E-state index in [1.807, 2.05) is 11.6 Å². The predicted molar refractivity (Wildman–Crippen MR) is 70.8 cm³/mol. The highest BCUT2D eigenvalue weighted by atomic mass is 32.1. The van der Waals surface area contributed by atoms with E-state index in [0.717, 1.165) is 5.13 Å². The lowest BCUT2D eigenvalue weighted by atomic mass is 9.98. The summed E-state index contributed by atoms with van der Waals surface area (Å²) in [5, 5.41) is 6.33. The van der Waals surface area contributed by atoms with E-state index >= 15 is 0 Å². The van der Waals surface area contributed by atoms with Crippen LogP contribution in [0.15, 0.2) is 17.6 Å². The van der Waals surface area contributed by atoms with Gasteiger partial charge in [0.1, 0.15) is 0 Å². The van der Waals surface area contributed by atoms with Gasteiger partial charge in [0.15, 0.2) is 5.13 Å². The second-order valence-electron chi connectivity index (χ2n) is 4.10. The first-order valence-electron chi connectivity index (χ1n) is 5.33. The molecule has 1 aromatic heterocycles. The normalized spacial score (nSPS) is 10.5. The Kier molecular flexibility index (Phi) is 2.97. The van der Waals surface area contributed by atoms with E-state index in [0.29, 0.717) is 0 Å². The lowest BCUT2D eigenvalue weighted by Crippen LogP contribution is -1.99. The fourth-order valence-electron chi connectivity index (χ4n) is 1.87. The fourth-order valence-corrected chi connectivity index (χ4v) is 2.40. The zero-order valence-electron chi connectivity index (χ0n) is 10.1. The number of rotatable bonds is 2. The molecule has 1 N–H and O–H groups in total. The third-order valence-corrected chi connectivity index (χ3v) is 3.71. The fraction of sp³-hybridized carbons (Fsp3) is 0.308. The lowest BCUT2D eigenvalue weighted by Gasteiger charge is -2.15. The van der Waals surface area contributed by atoms with Crippen molar-refractivity contribution in [1.82, 2.24) is 4.98 Å². The molecule has 0 amide bonds. The molecular formula is C13H16N2S. The van der Waals surface area contributed by atoms with Crippen LogP contribution in [0, 0.1) is 27.7 Å². The third kappa shape index (κ3) is 1.95. The summed E-state index contributed by atoms with van der Waals surface area (Å²) in [7, 11) is 0. The summed E-state index contributed by atoms with van der Waals surface area (Å²) in [4.78, 5) is 4.25. The largest absolute Gasteiger partial charge is 0.331 e. The van der Waals surface area contributed by atoms with Crippen LogP contribution in [0.25, 0.3) is 0 Å². The summed E-state index contributed by atoms with van der Waals surface area (Å²) in [6.45, 7) is 8.61.